The van der Waals surface area contributed by atoms with Crippen molar-refractivity contribution in [1.29, 1.82) is 0 Å². The van der Waals surface area contributed by atoms with Crippen LogP contribution < -0.4 is 0 Å². The second kappa shape index (κ2) is 17.8. The highest BCUT2D eigenvalue weighted by molar-refractivity contribution is 8.77. The Kier molecular flexibility index (Phi) is 14.3. The maximum atomic E-state index is 11.1. The summed E-state index contributed by atoms with van der Waals surface area (Å²) in [4.78, 5) is 1.62. The highest BCUT2D eigenvalue weighted by atomic mass is 33.1. The van der Waals surface area contributed by atoms with Crippen LogP contribution in [-0.2, 0) is 14.2 Å². The number of thioether (sulfide) groups is 3. The van der Waals surface area contributed by atoms with E-state index in [0.29, 0.717) is 0 Å². The monoisotopic (exact) mass is 752 g/mol. The first-order valence-electron chi connectivity index (χ1n) is 14.9. The van der Waals surface area contributed by atoms with Crippen molar-refractivity contribution in [2.75, 3.05) is 18.1 Å². The van der Waals surface area contributed by atoms with Crippen molar-refractivity contribution >= 4 is 56.9 Å². The van der Waals surface area contributed by atoms with E-state index in [0.717, 1.165) is 32.3 Å². The number of hydrogen-bond acceptors (Lipinski definition) is 17. The lowest BCUT2D eigenvalue weighted by atomic mass is 10.0. The van der Waals surface area contributed by atoms with E-state index in [1.165, 1.54) is 34.3 Å². The van der Waals surface area contributed by atoms with E-state index in [1.54, 1.807) is 0 Å². The number of hydrogen-bond donors (Lipinski definition) is 9. The van der Waals surface area contributed by atoms with Crippen LogP contribution >= 0.6 is 56.9 Å². The molecule has 3 saturated heterocycles. The second-order valence-corrected chi connectivity index (χ2v) is 17.3. The molecule has 3 aliphatic heterocycles. The molecule has 0 aromatic heterocycles. The van der Waals surface area contributed by atoms with E-state index in [2.05, 4.69) is 0 Å². The molecule has 0 spiro atoms. The highest BCUT2D eigenvalue weighted by Gasteiger charge is 2.49. The molecule has 0 unspecified atom stereocenters. The summed E-state index contributed by atoms with van der Waals surface area (Å²) < 4.78 is 18.0. The Bertz CT molecular complexity index is 1230. The smallest absolute Gasteiger partial charge is 0.136 e. The van der Waals surface area contributed by atoms with E-state index >= 15 is 0 Å². The van der Waals surface area contributed by atoms with E-state index in [-0.39, 0.29) is 11.5 Å². The van der Waals surface area contributed by atoms with Gasteiger partial charge in [0.15, 0.2) is 0 Å². The average molecular weight is 753 g/mol. The summed E-state index contributed by atoms with van der Waals surface area (Å²) in [5, 5.41) is 94.4. The Morgan fingerprint density at radius 3 is 1.43 bits per heavy atom. The molecule has 2 aromatic carbocycles. The molecule has 3 fully saturated rings. The summed E-state index contributed by atoms with van der Waals surface area (Å²) in [6.07, 6.45) is -14.0. The van der Waals surface area contributed by atoms with Crippen LogP contribution in [0.2, 0.25) is 0 Å². The van der Waals surface area contributed by atoms with Crippen molar-refractivity contribution in [3.05, 3.63) is 60.7 Å². The van der Waals surface area contributed by atoms with Crippen LogP contribution in [0.4, 0.5) is 0 Å². The zero-order valence-electron chi connectivity index (χ0n) is 24.8. The minimum atomic E-state index is -1.47. The largest absolute Gasteiger partial charge is 0.394 e. The maximum Gasteiger partial charge on any atom is 0.136 e. The predicted octanol–water partition coefficient (Wildman–Crippen LogP) is 0.108. The minimum absolute atomic E-state index is 0.0804. The molecule has 12 nitrogen and oxygen atoms in total. The van der Waals surface area contributed by atoms with E-state index in [9.17, 15) is 46.0 Å². The predicted molar refractivity (Wildman–Crippen MR) is 182 cm³/mol. The van der Waals surface area contributed by atoms with Crippen LogP contribution in [0.25, 0.3) is 0 Å². The Balaban J connectivity index is 1.21. The lowest BCUT2D eigenvalue weighted by Crippen LogP contribution is -2.58. The van der Waals surface area contributed by atoms with Crippen LogP contribution in [-0.4, -0.2) is 153 Å². The molecule has 0 aliphatic carbocycles. The zero-order chi connectivity index (χ0) is 33.7. The molecule has 47 heavy (non-hydrogen) atoms. The molecule has 3 aliphatic rings. The Morgan fingerprint density at radius 2 is 0.936 bits per heavy atom. The molecule has 0 bridgehead atoms. The minimum Gasteiger partial charge on any atom is -0.394 e. The van der Waals surface area contributed by atoms with Gasteiger partial charge in [-0.25, -0.2) is 0 Å². The number of benzene rings is 2. The van der Waals surface area contributed by atoms with Crippen LogP contribution in [0.3, 0.4) is 0 Å². The Hall–Kier alpha value is -0.290. The first-order chi connectivity index (χ1) is 22.6. The first kappa shape index (κ1) is 38.0. The zero-order valence-corrected chi connectivity index (χ0v) is 28.9. The molecule has 0 saturated carbocycles. The van der Waals surface area contributed by atoms with E-state index in [4.69, 9.17) is 14.2 Å². The molecule has 0 amide bonds. The molecule has 17 heteroatoms. The van der Waals surface area contributed by atoms with Crippen molar-refractivity contribution in [2.45, 2.75) is 98.5 Å². The van der Waals surface area contributed by atoms with E-state index < -0.39 is 95.3 Å². The first-order valence-corrected chi connectivity index (χ1v) is 20.1. The fourth-order valence-electron chi connectivity index (χ4n) is 5.24. The van der Waals surface area contributed by atoms with Crippen LogP contribution in [0.15, 0.2) is 70.5 Å². The van der Waals surface area contributed by atoms with Gasteiger partial charge in [0.25, 0.3) is 0 Å². The van der Waals surface area contributed by atoms with E-state index in [1.807, 2.05) is 60.7 Å². The van der Waals surface area contributed by atoms with Crippen LogP contribution in [0.1, 0.15) is 0 Å². The topological polar surface area (TPSA) is 210 Å². The van der Waals surface area contributed by atoms with Crippen molar-refractivity contribution < 1.29 is 60.2 Å². The summed E-state index contributed by atoms with van der Waals surface area (Å²) in [6, 6.07) is 18.4. The third-order valence-electron chi connectivity index (χ3n) is 7.99. The molecular weight excluding hydrogens is 713 g/mol. The molecule has 9 N–H and O–H groups in total. The van der Waals surface area contributed by atoms with Crippen LogP contribution in [0.5, 0.6) is 0 Å². The lowest BCUT2D eigenvalue weighted by Gasteiger charge is -2.44. The van der Waals surface area contributed by atoms with Crippen LogP contribution in [0, 0.1) is 0 Å². The quantitative estimate of drug-likeness (QED) is 0.132. The van der Waals surface area contributed by atoms with Gasteiger partial charge in [-0.1, -0.05) is 81.5 Å². The fraction of sp³-hybridized carbons (Fsp3) is 0.600. The van der Waals surface area contributed by atoms with Crippen molar-refractivity contribution in [1.82, 2.24) is 0 Å². The van der Waals surface area contributed by atoms with Crippen molar-refractivity contribution in [3.63, 3.8) is 0 Å². The fourth-order valence-corrected chi connectivity index (χ4v) is 12.1. The van der Waals surface area contributed by atoms with Gasteiger partial charge in [0.2, 0.25) is 0 Å². The summed E-state index contributed by atoms with van der Waals surface area (Å²) >= 11 is 3.59. The molecule has 262 valence electrons. The maximum absolute atomic E-state index is 11.1. The number of aliphatic hydroxyl groups excluding tert-OH is 9. The van der Waals surface area contributed by atoms with Crippen molar-refractivity contribution in [2.24, 2.45) is 0 Å². The van der Waals surface area contributed by atoms with Gasteiger partial charge in [0, 0.05) is 21.3 Å². The van der Waals surface area contributed by atoms with Crippen molar-refractivity contribution in [3.8, 4) is 0 Å². The number of rotatable bonds is 12. The van der Waals surface area contributed by atoms with Gasteiger partial charge in [-0.15, -0.1) is 11.8 Å². The lowest BCUT2D eigenvalue weighted by molar-refractivity contribution is -0.191. The summed E-state index contributed by atoms with van der Waals surface area (Å²) in [5.74, 6) is 0.228. The summed E-state index contributed by atoms with van der Waals surface area (Å²) in [7, 11) is 2.37. The van der Waals surface area contributed by atoms with Gasteiger partial charge < -0.3 is 60.2 Å². The van der Waals surface area contributed by atoms with Gasteiger partial charge in [0.1, 0.15) is 65.1 Å². The highest BCUT2D eigenvalue weighted by Crippen LogP contribution is 2.44. The Morgan fingerprint density at radius 1 is 0.489 bits per heavy atom. The average Bonchev–Trinajstić information content (AvgIpc) is 3.08. The Labute approximate surface area is 293 Å². The van der Waals surface area contributed by atoms with Gasteiger partial charge in [-0.05, 0) is 24.3 Å². The third kappa shape index (κ3) is 9.34. The number of aliphatic hydroxyl groups is 9. The summed E-state index contributed by atoms with van der Waals surface area (Å²) in [6.45, 7) is -0.550. The molecule has 0 radical (unpaired) electrons. The summed E-state index contributed by atoms with van der Waals surface area (Å²) in [5.41, 5.74) is -2.52. The molecule has 5 rings (SSSR count). The molecular formula is C30H40O12S5. The molecule has 15 atom stereocenters. The third-order valence-corrected chi connectivity index (χ3v) is 14.6. The SMILES string of the molecule is OC[C@H]1O[C@H](SC[C@H]2O[C@H](Sc3ccccc3)[C@@H](O)[C@@H](O)[C@@H]2O)[C@@H](SSC[C@H]2O[C@H](Sc3ccccc3)[C@@H](O)[C@@H](O)[C@@H]2O)[C@@H](O)[C@@H]1O. The number of ether oxygens (including phenoxy) is 3. The van der Waals surface area contributed by atoms with Gasteiger partial charge in [0.05, 0.1) is 30.2 Å². The second-order valence-electron chi connectivity index (χ2n) is 11.3. The van der Waals surface area contributed by atoms with Gasteiger partial charge in [-0.3, -0.25) is 0 Å². The normalized spacial score (nSPS) is 41.1. The standard InChI is InChI=1S/C30H40O12S5/c31-11-16-19(32)24(37)27(47-44-13-18-21(34)23(36)26(39)29(42-18)46-15-9-5-2-6-10-15)30(40-16)43-12-17-20(33)22(35)25(38)28(41-17)45-14-7-3-1-4-8-14/h1-10,16-39H,11-13H2/t16-,17-,18-,19-,20-,21-,22+,23+,24+,25+,26+,27+,28-,29-,30-/m1/s1. The van der Waals surface area contributed by atoms with Gasteiger partial charge in [-0.2, -0.15) is 0 Å². The van der Waals surface area contributed by atoms with Gasteiger partial charge >= 0.3 is 0 Å². The molecule has 2 aromatic rings. The molecule has 3 heterocycles.